The van der Waals surface area contributed by atoms with Crippen LogP contribution in [0.1, 0.15) is 22.3 Å². The Morgan fingerprint density at radius 3 is 2.33 bits per heavy atom. The normalized spacial score (nSPS) is 16.0. The van der Waals surface area contributed by atoms with Crippen LogP contribution in [0.15, 0.2) is 54.6 Å². The Bertz CT molecular complexity index is 867. The highest BCUT2D eigenvalue weighted by Gasteiger charge is 2.20. The zero-order valence-corrected chi connectivity index (χ0v) is 16.3. The van der Waals surface area contributed by atoms with E-state index in [1.807, 2.05) is 23.1 Å². The first-order valence-corrected chi connectivity index (χ1v) is 10.9. The second kappa shape index (κ2) is 8.54. The average molecular weight is 388 g/mol. The largest absolute Gasteiger partial charge is 0.337 e. The number of anilines is 1. The van der Waals surface area contributed by atoms with Crippen molar-refractivity contribution in [1.82, 2.24) is 9.80 Å². The maximum atomic E-state index is 12.8. The Balaban J connectivity index is 1.59. The van der Waals surface area contributed by atoms with E-state index in [1.54, 1.807) is 24.3 Å². The summed E-state index contributed by atoms with van der Waals surface area (Å²) in [6, 6.07) is 16.9. The standard InChI is InChI=1S/C20H25N3O3S/c1-27(25,26)21-19-10-8-18(9-11-19)20(24)23-13-5-12-22(14-15-23)16-17-6-3-2-4-7-17/h2-4,6-11,21H,5,12-16H2,1H3. The fraction of sp³-hybridized carbons (Fsp3) is 0.350. The average Bonchev–Trinajstić information content (AvgIpc) is 2.87. The third-order valence-electron chi connectivity index (χ3n) is 4.56. The molecule has 0 spiro atoms. The van der Waals surface area contributed by atoms with Gasteiger partial charge in [-0.3, -0.25) is 14.4 Å². The molecule has 1 heterocycles. The number of rotatable bonds is 5. The van der Waals surface area contributed by atoms with Gasteiger partial charge in [0, 0.05) is 44.0 Å². The number of hydrogen-bond donors (Lipinski definition) is 1. The molecule has 0 saturated carbocycles. The lowest BCUT2D eigenvalue weighted by atomic mass is 10.2. The third-order valence-corrected chi connectivity index (χ3v) is 5.17. The summed E-state index contributed by atoms with van der Waals surface area (Å²) in [6.07, 6.45) is 2.04. The van der Waals surface area contributed by atoms with Crippen molar-refractivity contribution in [2.45, 2.75) is 13.0 Å². The Kier molecular flexibility index (Phi) is 6.13. The van der Waals surface area contributed by atoms with Crippen LogP contribution in [0.3, 0.4) is 0 Å². The van der Waals surface area contributed by atoms with Crippen LogP contribution in [-0.4, -0.2) is 56.6 Å². The molecule has 0 unspecified atom stereocenters. The predicted molar refractivity (Wildman–Crippen MR) is 107 cm³/mol. The molecule has 6 nitrogen and oxygen atoms in total. The van der Waals surface area contributed by atoms with Crippen LogP contribution >= 0.6 is 0 Å². The molecule has 0 aliphatic carbocycles. The highest BCUT2D eigenvalue weighted by Crippen LogP contribution is 2.15. The maximum absolute atomic E-state index is 12.8. The molecule has 0 aromatic heterocycles. The molecule has 0 radical (unpaired) electrons. The fourth-order valence-electron chi connectivity index (χ4n) is 3.25. The molecule has 1 aliphatic heterocycles. The number of benzene rings is 2. The summed E-state index contributed by atoms with van der Waals surface area (Å²) < 4.78 is 25.0. The van der Waals surface area contributed by atoms with Crippen LogP contribution in [0.2, 0.25) is 0 Å². The predicted octanol–water partition coefficient (Wildman–Crippen LogP) is 2.41. The van der Waals surface area contributed by atoms with Gasteiger partial charge in [0.25, 0.3) is 5.91 Å². The van der Waals surface area contributed by atoms with Crippen LogP contribution in [0, 0.1) is 0 Å². The van der Waals surface area contributed by atoms with Crippen molar-refractivity contribution < 1.29 is 13.2 Å². The molecule has 27 heavy (non-hydrogen) atoms. The first kappa shape index (κ1) is 19.4. The summed E-state index contributed by atoms with van der Waals surface area (Å²) in [4.78, 5) is 17.0. The fourth-order valence-corrected chi connectivity index (χ4v) is 3.82. The van der Waals surface area contributed by atoms with Crippen molar-refractivity contribution in [2.75, 3.05) is 37.2 Å². The van der Waals surface area contributed by atoms with E-state index in [9.17, 15) is 13.2 Å². The van der Waals surface area contributed by atoms with Gasteiger partial charge in [-0.2, -0.15) is 0 Å². The third kappa shape index (κ3) is 5.80. The minimum atomic E-state index is -3.32. The minimum absolute atomic E-state index is 0.0116. The molecule has 1 fully saturated rings. The summed E-state index contributed by atoms with van der Waals surface area (Å²) >= 11 is 0. The second-order valence-electron chi connectivity index (χ2n) is 6.86. The first-order chi connectivity index (χ1) is 12.9. The van der Waals surface area contributed by atoms with Crippen LogP contribution in [0.5, 0.6) is 0 Å². The molecule has 0 bridgehead atoms. The topological polar surface area (TPSA) is 69.7 Å². The number of sulfonamides is 1. The molecule has 144 valence electrons. The van der Waals surface area contributed by atoms with Crippen molar-refractivity contribution in [2.24, 2.45) is 0 Å². The lowest BCUT2D eigenvalue weighted by Crippen LogP contribution is -2.35. The molecule has 1 saturated heterocycles. The molecular formula is C20H25N3O3S. The Morgan fingerprint density at radius 2 is 1.67 bits per heavy atom. The van der Waals surface area contributed by atoms with Crippen LogP contribution in [-0.2, 0) is 16.6 Å². The highest BCUT2D eigenvalue weighted by molar-refractivity contribution is 7.92. The molecule has 2 aromatic rings. The van der Waals surface area contributed by atoms with E-state index in [0.29, 0.717) is 17.8 Å². The number of nitrogens with zero attached hydrogens (tertiary/aromatic N) is 2. The Hall–Kier alpha value is -2.38. The van der Waals surface area contributed by atoms with E-state index in [0.717, 1.165) is 38.9 Å². The molecule has 7 heteroatoms. The van der Waals surface area contributed by atoms with Crippen LogP contribution in [0.25, 0.3) is 0 Å². The molecule has 0 atom stereocenters. The van der Waals surface area contributed by atoms with E-state index in [1.165, 1.54) is 5.56 Å². The van der Waals surface area contributed by atoms with Crippen molar-refractivity contribution in [3.63, 3.8) is 0 Å². The van der Waals surface area contributed by atoms with E-state index in [-0.39, 0.29) is 5.91 Å². The molecule has 1 amide bonds. The van der Waals surface area contributed by atoms with Gasteiger partial charge in [0.05, 0.1) is 6.26 Å². The zero-order valence-electron chi connectivity index (χ0n) is 15.5. The lowest BCUT2D eigenvalue weighted by Gasteiger charge is -2.22. The maximum Gasteiger partial charge on any atom is 0.253 e. The molecular weight excluding hydrogens is 362 g/mol. The number of carbonyl (C=O) groups excluding carboxylic acids is 1. The van der Waals surface area contributed by atoms with E-state index in [2.05, 4.69) is 21.8 Å². The van der Waals surface area contributed by atoms with Gasteiger partial charge in [-0.05, 0) is 36.2 Å². The number of nitrogens with one attached hydrogen (secondary N) is 1. The number of hydrogen-bond acceptors (Lipinski definition) is 4. The summed E-state index contributed by atoms with van der Waals surface area (Å²) in [5.41, 5.74) is 2.32. The lowest BCUT2D eigenvalue weighted by molar-refractivity contribution is 0.0761. The van der Waals surface area contributed by atoms with Gasteiger partial charge in [0.15, 0.2) is 0 Å². The summed E-state index contributed by atoms with van der Waals surface area (Å²) in [6.45, 7) is 4.13. The summed E-state index contributed by atoms with van der Waals surface area (Å²) in [5, 5.41) is 0. The van der Waals surface area contributed by atoms with Gasteiger partial charge in [-0.15, -0.1) is 0 Å². The van der Waals surface area contributed by atoms with Gasteiger partial charge < -0.3 is 4.90 Å². The van der Waals surface area contributed by atoms with Gasteiger partial charge in [-0.25, -0.2) is 8.42 Å². The van der Waals surface area contributed by atoms with Crippen molar-refractivity contribution in [1.29, 1.82) is 0 Å². The Morgan fingerprint density at radius 1 is 0.963 bits per heavy atom. The van der Waals surface area contributed by atoms with Gasteiger partial charge in [0.2, 0.25) is 10.0 Å². The van der Waals surface area contributed by atoms with Crippen molar-refractivity contribution in [3.8, 4) is 0 Å². The van der Waals surface area contributed by atoms with Gasteiger partial charge in [-0.1, -0.05) is 30.3 Å². The molecule has 1 aliphatic rings. The number of carbonyl (C=O) groups is 1. The number of amides is 1. The highest BCUT2D eigenvalue weighted by atomic mass is 32.2. The van der Waals surface area contributed by atoms with Gasteiger partial charge in [0.1, 0.15) is 0 Å². The van der Waals surface area contributed by atoms with E-state index >= 15 is 0 Å². The van der Waals surface area contributed by atoms with Crippen molar-refractivity contribution in [3.05, 3.63) is 65.7 Å². The second-order valence-corrected chi connectivity index (χ2v) is 8.61. The monoisotopic (exact) mass is 387 g/mol. The zero-order chi connectivity index (χ0) is 19.3. The van der Waals surface area contributed by atoms with E-state index in [4.69, 9.17) is 0 Å². The van der Waals surface area contributed by atoms with Crippen LogP contribution in [0.4, 0.5) is 5.69 Å². The minimum Gasteiger partial charge on any atom is -0.337 e. The van der Waals surface area contributed by atoms with E-state index < -0.39 is 10.0 Å². The molecule has 3 rings (SSSR count). The summed E-state index contributed by atoms with van der Waals surface area (Å²) in [5.74, 6) is -0.0116. The van der Waals surface area contributed by atoms with Crippen LogP contribution < -0.4 is 4.72 Å². The Labute approximate surface area is 160 Å². The van der Waals surface area contributed by atoms with Crippen molar-refractivity contribution >= 4 is 21.6 Å². The first-order valence-electron chi connectivity index (χ1n) is 9.04. The van der Waals surface area contributed by atoms with Gasteiger partial charge >= 0.3 is 0 Å². The molecule has 1 N–H and O–H groups in total. The quantitative estimate of drug-likeness (QED) is 0.855. The molecule has 2 aromatic carbocycles. The SMILES string of the molecule is CS(=O)(=O)Nc1ccc(C(=O)N2CCCN(Cc3ccccc3)CC2)cc1. The summed E-state index contributed by atoms with van der Waals surface area (Å²) in [7, 11) is -3.32. The smallest absolute Gasteiger partial charge is 0.253 e.